The zero-order valence-corrected chi connectivity index (χ0v) is 22.3. The molecule has 0 saturated heterocycles. The number of hydrogen-bond acceptors (Lipinski definition) is 9. The highest BCUT2D eigenvalue weighted by atomic mass is 32.2. The van der Waals surface area contributed by atoms with E-state index in [9.17, 15) is 27.6 Å². The molecule has 1 aromatic carbocycles. The smallest absolute Gasteiger partial charge is 0.347 e. The quantitative estimate of drug-likeness (QED) is 0.200. The summed E-state index contributed by atoms with van der Waals surface area (Å²) in [5.41, 5.74) is 0.815. The number of nitrogens with zero attached hydrogens (tertiary/aromatic N) is 7. The molecular weight excluding hydrogens is 560 g/mol. The minimum absolute atomic E-state index is 0.0188. The number of carbonyl (C=O) groups excluding carboxylic acids is 2. The molecule has 4 N–H and O–H groups in total. The Morgan fingerprint density at radius 2 is 1.32 bits per heavy atom. The van der Waals surface area contributed by atoms with Crippen molar-refractivity contribution in [1.29, 1.82) is 0 Å². The molecule has 0 aliphatic carbocycles. The molecule has 0 radical (unpaired) electrons. The van der Waals surface area contributed by atoms with Crippen molar-refractivity contribution >= 4 is 46.2 Å². The monoisotopic (exact) mass is 586 g/mol. The molecule has 41 heavy (non-hydrogen) atoms. The molecule has 0 fully saturated rings. The van der Waals surface area contributed by atoms with Gasteiger partial charge < -0.3 is 19.3 Å². The lowest BCUT2D eigenvalue weighted by molar-refractivity contribution is -0.130. The van der Waals surface area contributed by atoms with Gasteiger partial charge in [0.15, 0.2) is 0 Å². The van der Waals surface area contributed by atoms with Crippen LogP contribution >= 0.6 is 0 Å². The van der Waals surface area contributed by atoms with Gasteiger partial charge in [-0.3, -0.25) is 14.5 Å². The number of imidazole rings is 2. The van der Waals surface area contributed by atoms with Crippen molar-refractivity contribution in [3.8, 4) is 0 Å². The Balaban J connectivity index is 1.80. The standard InChI is InChI=1S/C24H26N8O8S/c25-41(39,40)18-3-1-17(2-4-18)5-8-30(15-31-9-6-26-19(31)11-21(33)28-13-23(35)36)16-32-10-7-27-20(32)12-22(34)29-14-24(37)38/h1-4,6-7,9-10,13-14H,5,8,11-12,15-16H2,(H,35,36)(H,37,38)(H2,25,39,40). The number of benzene rings is 1. The molecule has 0 unspecified atom stereocenters. The lowest BCUT2D eigenvalue weighted by atomic mass is 10.1. The van der Waals surface area contributed by atoms with Crippen LogP contribution in [0.2, 0.25) is 0 Å². The van der Waals surface area contributed by atoms with Crippen LogP contribution in [0, 0.1) is 0 Å². The molecule has 16 nitrogen and oxygen atoms in total. The van der Waals surface area contributed by atoms with Crippen LogP contribution in [0.3, 0.4) is 0 Å². The zero-order valence-electron chi connectivity index (χ0n) is 21.5. The van der Waals surface area contributed by atoms with Crippen LogP contribution in [-0.2, 0) is 61.8 Å². The van der Waals surface area contributed by atoms with Crippen LogP contribution < -0.4 is 5.14 Å². The summed E-state index contributed by atoms with van der Waals surface area (Å²) in [4.78, 5) is 62.5. The number of rotatable bonds is 14. The summed E-state index contributed by atoms with van der Waals surface area (Å²) in [6, 6.07) is 6.09. The average Bonchev–Trinajstić information content (AvgIpc) is 3.53. The SMILES string of the molecule is NS(=O)(=O)c1ccc(CCN(Cn2ccnc2CC(=O)N=CC(=O)O)Cn2ccnc2CC(=O)N=CC(=O)O)cc1. The van der Waals surface area contributed by atoms with E-state index in [1.807, 2.05) is 4.90 Å². The number of carboxylic acid groups (broad SMARTS) is 2. The first-order valence-electron chi connectivity index (χ1n) is 11.8. The Hall–Kier alpha value is -4.87. The van der Waals surface area contributed by atoms with Crippen molar-refractivity contribution in [2.24, 2.45) is 15.1 Å². The van der Waals surface area contributed by atoms with Crippen LogP contribution in [0.5, 0.6) is 0 Å². The zero-order chi connectivity index (χ0) is 30.0. The average molecular weight is 587 g/mol. The van der Waals surface area contributed by atoms with Crippen molar-refractivity contribution in [3.63, 3.8) is 0 Å². The molecule has 3 rings (SSSR count). The molecule has 2 aromatic heterocycles. The molecule has 2 amide bonds. The number of sulfonamides is 1. The van der Waals surface area contributed by atoms with Crippen LogP contribution in [0.4, 0.5) is 0 Å². The number of carboxylic acids is 2. The molecule has 2 heterocycles. The molecule has 0 aliphatic heterocycles. The van der Waals surface area contributed by atoms with Crippen molar-refractivity contribution in [1.82, 2.24) is 24.0 Å². The molecule has 216 valence electrons. The van der Waals surface area contributed by atoms with Gasteiger partial charge in [-0.25, -0.2) is 43.1 Å². The third-order valence-corrected chi connectivity index (χ3v) is 6.46. The van der Waals surface area contributed by atoms with E-state index in [-0.39, 0.29) is 31.1 Å². The first-order valence-corrected chi connectivity index (χ1v) is 13.4. The summed E-state index contributed by atoms with van der Waals surface area (Å²) in [6.07, 6.45) is 7.23. The summed E-state index contributed by atoms with van der Waals surface area (Å²) in [7, 11) is -3.84. The number of primary sulfonamides is 1. The van der Waals surface area contributed by atoms with Crippen LogP contribution in [0.1, 0.15) is 17.2 Å². The van der Waals surface area contributed by atoms with Gasteiger partial charge in [-0.05, 0) is 24.1 Å². The normalized spacial score (nSPS) is 12.0. The second-order valence-corrected chi connectivity index (χ2v) is 10.1. The maximum absolute atomic E-state index is 12.1. The number of hydrogen-bond donors (Lipinski definition) is 3. The third kappa shape index (κ3) is 9.99. The summed E-state index contributed by atoms with van der Waals surface area (Å²) >= 11 is 0. The molecule has 0 aliphatic rings. The van der Waals surface area contributed by atoms with E-state index in [0.717, 1.165) is 5.56 Å². The second-order valence-electron chi connectivity index (χ2n) is 8.58. The maximum atomic E-state index is 12.1. The maximum Gasteiger partial charge on any atom is 0.347 e. The predicted molar refractivity (Wildman–Crippen MR) is 142 cm³/mol. The number of aromatic nitrogens is 4. The van der Waals surface area contributed by atoms with E-state index in [0.29, 0.717) is 37.0 Å². The number of aliphatic carboxylic acids is 2. The van der Waals surface area contributed by atoms with E-state index < -0.39 is 33.8 Å². The Kier molecular flexibility index (Phi) is 10.4. The van der Waals surface area contributed by atoms with E-state index in [2.05, 4.69) is 20.0 Å². The largest absolute Gasteiger partial charge is 0.477 e. The number of carbonyl (C=O) groups is 4. The second kappa shape index (κ2) is 14.0. The van der Waals surface area contributed by atoms with E-state index >= 15 is 0 Å². The summed E-state index contributed by atoms with van der Waals surface area (Å²) in [6.45, 7) is 0.840. The molecule has 0 bridgehead atoms. The molecule has 17 heteroatoms. The van der Waals surface area contributed by atoms with Gasteiger partial charge in [-0.1, -0.05) is 12.1 Å². The molecule has 3 aromatic rings. The third-order valence-electron chi connectivity index (χ3n) is 5.53. The Bertz CT molecular complexity index is 1500. The van der Waals surface area contributed by atoms with E-state index in [1.165, 1.54) is 24.5 Å². The highest BCUT2D eigenvalue weighted by Crippen LogP contribution is 2.12. The fourth-order valence-corrected chi connectivity index (χ4v) is 4.15. The summed E-state index contributed by atoms with van der Waals surface area (Å²) in [5, 5.41) is 22.6. The Morgan fingerprint density at radius 3 is 1.73 bits per heavy atom. The number of aliphatic imine (C=N–C) groups is 2. The van der Waals surface area contributed by atoms with Gasteiger partial charge in [0.25, 0.3) is 11.8 Å². The molecule has 0 atom stereocenters. The minimum Gasteiger partial charge on any atom is -0.477 e. The van der Waals surface area contributed by atoms with E-state index in [4.69, 9.17) is 15.4 Å². The van der Waals surface area contributed by atoms with Gasteiger partial charge in [0, 0.05) is 31.3 Å². The fourth-order valence-electron chi connectivity index (χ4n) is 3.64. The van der Waals surface area contributed by atoms with Gasteiger partial charge in [0.05, 0.1) is 31.1 Å². The Labute approximate surface area is 233 Å². The minimum atomic E-state index is -3.84. The lowest BCUT2D eigenvalue weighted by Crippen LogP contribution is -2.32. The van der Waals surface area contributed by atoms with Gasteiger partial charge in [0.2, 0.25) is 10.0 Å². The Morgan fingerprint density at radius 1 is 0.854 bits per heavy atom. The highest BCUT2D eigenvalue weighted by molar-refractivity contribution is 7.89. The number of nitrogens with two attached hydrogens (primary N) is 1. The summed E-state index contributed by atoms with van der Waals surface area (Å²) < 4.78 is 26.5. The van der Waals surface area contributed by atoms with Crippen molar-refractivity contribution in [3.05, 3.63) is 66.3 Å². The van der Waals surface area contributed by atoms with Crippen molar-refractivity contribution in [2.75, 3.05) is 6.54 Å². The lowest BCUT2D eigenvalue weighted by Gasteiger charge is -2.25. The van der Waals surface area contributed by atoms with Gasteiger partial charge in [-0.15, -0.1) is 0 Å². The van der Waals surface area contributed by atoms with Crippen LogP contribution in [-0.4, -0.2) is 85.4 Å². The topological polar surface area (TPSA) is 233 Å². The van der Waals surface area contributed by atoms with Gasteiger partial charge in [0.1, 0.15) is 24.1 Å². The first kappa shape index (κ1) is 30.7. The van der Waals surface area contributed by atoms with Gasteiger partial charge in [-0.2, -0.15) is 0 Å². The number of amides is 2. The van der Waals surface area contributed by atoms with Crippen molar-refractivity contribution < 1.29 is 37.8 Å². The fraction of sp³-hybridized carbons (Fsp3) is 0.250. The summed E-state index contributed by atoms with van der Waals surface area (Å²) in [5.74, 6) is -3.42. The molecule has 0 spiro atoms. The van der Waals surface area contributed by atoms with Crippen molar-refractivity contribution in [2.45, 2.75) is 37.5 Å². The van der Waals surface area contributed by atoms with Crippen LogP contribution in [0.25, 0.3) is 0 Å². The molecule has 0 saturated carbocycles. The van der Waals surface area contributed by atoms with Gasteiger partial charge >= 0.3 is 11.9 Å². The molecular formula is C24H26N8O8S. The van der Waals surface area contributed by atoms with E-state index in [1.54, 1.807) is 33.7 Å². The first-order chi connectivity index (χ1) is 19.4. The predicted octanol–water partition coefficient (Wildman–Crippen LogP) is -0.664. The highest BCUT2D eigenvalue weighted by Gasteiger charge is 2.16. The van der Waals surface area contributed by atoms with Crippen LogP contribution in [0.15, 0.2) is 63.9 Å².